The number of aryl methyl sites for hydroxylation is 1. The third-order valence-corrected chi connectivity index (χ3v) is 3.37. The molecule has 22 heavy (non-hydrogen) atoms. The summed E-state index contributed by atoms with van der Waals surface area (Å²) in [6.07, 6.45) is 2.06. The summed E-state index contributed by atoms with van der Waals surface area (Å²) < 4.78 is 10.2. The number of hydrogen-bond donors (Lipinski definition) is 2. The first-order valence-electron chi connectivity index (χ1n) is 6.85. The van der Waals surface area contributed by atoms with E-state index >= 15 is 0 Å². The van der Waals surface area contributed by atoms with Crippen molar-refractivity contribution in [1.29, 1.82) is 0 Å². The van der Waals surface area contributed by atoms with Crippen molar-refractivity contribution in [2.24, 2.45) is 0 Å². The first-order chi connectivity index (χ1) is 10.4. The maximum Gasteiger partial charge on any atom is 0.329 e. The van der Waals surface area contributed by atoms with Crippen molar-refractivity contribution in [3.8, 4) is 11.6 Å². The number of furan rings is 1. The average Bonchev–Trinajstić information content (AvgIpc) is 3.15. The lowest BCUT2D eigenvalue weighted by molar-refractivity contribution is -0.147. The number of carboxylic acid groups (broad SMARTS) is 1. The summed E-state index contributed by atoms with van der Waals surface area (Å²) in [5, 5.41) is 15.4. The average molecular weight is 307 g/mol. The normalized spacial score (nSPS) is 13.5. The molecule has 0 bridgehead atoms. The number of rotatable bonds is 7. The Morgan fingerprint density at radius 2 is 2.23 bits per heavy atom. The molecule has 8 nitrogen and oxygen atoms in total. The van der Waals surface area contributed by atoms with Gasteiger partial charge in [-0.2, -0.15) is 4.98 Å². The van der Waals surface area contributed by atoms with Crippen LogP contribution in [0.2, 0.25) is 0 Å². The number of carbonyl (C=O) groups is 2. The van der Waals surface area contributed by atoms with Crippen molar-refractivity contribution in [3.05, 3.63) is 24.3 Å². The van der Waals surface area contributed by atoms with Crippen molar-refractivity contribution in [2.75, 3.05) is 0 Å². The second kappa shape index (κ2) is 6.42. The minimum atomic E-state index is -1.27. The summed E-state index contributed by atoms with van der Waals surface area (Å²) in [7, 11) is 0. The molecule has 2 N–H and O–H groups in total. The van der Waals surface area contributed by atoms with Crippen LogP contribution in [-0.4, -0.2) is 32.7 Å². The van der Waals surface area contributed by atoms with Crippen LogP contribution in [0.5, 0.6) is 0 Å². The SMILES string of the molecule is CCC(C)(NC(=O)CCc1nc(-c2ccco2)no1)C(=O)O. The van der Waals surface area contributed by atoms with E-state index in [2.05, 4.69) is 15.5 Å². The maximum absolute atomic E-state index is 11.8. The molecule has 2 aromatic rings. The van der Waals surface area contributed by atoms with Gasteiger partial charge in [0.1, 0.15) is 5.54 Å². The van der Waals surface area contributed by atoms with Gasteiger partial charge in [0.05, 0.1) is 6.26 Å². The topological polar surface area (TPSA) is 118 Å². The van der Waals surface area contributed by atoms with E-state index in [1.165, 1.54) is 13.2 Å². The molecule has 2 heterocycles. The highest BCUT2D eigenvalue weighted by molar-refractivity contribution is 5.86. The molecule has 1 atom stereocenters. The molecule has 2 aromatic heterocycles. The van der Waals surface area contributed by atoms with Crippen LogP contribution in [0.1, 0.15) is 32.6 Å². The van der Waals surface area contributed by atoms with Gasteiger partial charge in [-0.15, -0.1) is 0 Å². The van der Waals surface area contributed by atoms with Crippen LogP contribution in [0.15, 0.2) is 27.3 Å². The lowest BCUT2D eigenvalue weighted by Crippen LogP contribution is -2.51. The van der Waals surface area contributed by atoms with E-state index in [1.54, 1.807) is 19.1 Å². The van der Waals surface area contributed by atoms with Gasteiger partial charge in [-0.3, -0.25) is 4.79 Å². The number of carbonyl (C=O) groups excluding carboxylic acids is 1. The van der Waals surface area contributed by atoms with Gasteiger partial charge in [0, 0.05) is 12.8 Å². The molecular weight excluding hydrogens is 290 g/mol. The van der Waals surface area contributed by atoms with Crippen LogP contribution in [0.3, 0.4) is 0 Å². The van der Waals surface area contributed by atoms with Crippen molar-refractivity contribution >= 4 is 11.9 Å². The summed E-state index contributed by atoms with van der Waals surface area (Å²) in [4.78, 5) is 27.1. The number of hydrogen-bond acceptors (Lipinski definition) is 6. The monoisotopic (exact) mass is 307 g/mol. The Morgan fingerprint density at radius 3 is 2.82 bits per heavy atom. The number of aliphatic carboxylic acids is 1. The molecule has 2 rings (SSSR count). The van der Waals surface area contributed by atoms with Gasteiger partial charge >= 0.3 is 5.97 Å². The minimum Gasteiger partial charge on any atom is -0.480 e. The fourth-order valence-corrected chi connectivity index (χ4v) is 1.75. The summed E-state index contributed by atoms with van der Waals surface area (Å²) in [6.45, 7) is 3.16. The first-order valence-corrected chi connectivity index (χ1v) is 6.85. The van der Waals surface area contributed by atoms with E-state index in [-0.39, 0.29) is 31.1 Å². The Hall–Kier alpha value is -2.64. The van der Waals surface area contributed by atoms with Gasteiger partial charge in [-0.25, -0.2) is 4.79 Å². The zero-order valence-electron chi connectivity index (χ0n) is 12.3. The molecule has 8 heteroatoms. The molecule has 0 aromatic carbocycles. The van der Waals surface area contributed by atoms with Crippen LogP contribution in [0.25, 0.3) is 11.6 Å². The lowest BCUT2D eigenvalue weighted by atomic mass is 9.99. The Balaban J connectivity index is 1.90. The van der Waals surface area contributed by atoms with E-state index in [0.717, 1.165) is 0 Å². The van der Waals surface area contributed by atoms with E-state index in [4.69, 9.17) is 14.0 Å². The van der Waals surface area contributed by atoms with Gasteiger partial charge < -0.3 is 19.4 Å². The quantitative estimate of drug-likeness (QED) is 0.798. The van der Waals surface area contributed by atoms with Crippen molar-refractivity contribution in [2.45, 2.75) is 38.6 Å². The fourth-order valence-electron chi connectivity index (χ4n) is 1.75. The Labute approximate surface area is 126 Å². The predicted octanol–water partition coefficient (Wildman–Crippen LogP) is 1.63. The van der Waals surface area contributed by atoms with E-state index in [9.17, 15) is 9.59 Å². The van der Waals surface area contributed by atoms with Gasteiger partial charge in [0.25, 0.3) is 0 Å². The first kappa shape index (κ1) is 15.7. The molecule has 0 fully saturated rings. The molecule has 0 saturated carbocycles. The van der Waals surface area contributed by atoms with E-state index in [1.807, 2.05) is 0 Å². The summed E-state index contributed by atoms with van der Waals surface area (Å²) >= 11 is 0. The Kier molecular flexibility index (Phi) is 4.59. The zero-order valence-corrected chi connectivity index (χ0v) is 12.3. The fraction of sp³-hybridized carbons (Fsp3) is 0.429. The predicted molar refractivity (Wildman–Crippen MR) is 74.8 cm³/mol. The van der Waals surface area contributed by atoms with E-state index < -0.39 is 11.5 Å². The molecular formula is C14H17N3O5. The molecule has 0 spiro atoms. The van der Waals surface area contributed by atoms with Gasteiger partial charge in [-0.1, -0.05) is 12.1 Å². The number of nitrogens with zero attached hydrogens (tertiary/aromatic N) is 2. The van der Waals surface area contributed by atoms with Crippen LogP contribution >= 0.6 is 0 Å². The van der Waals surface area contributed by atoms with Crippen molar-refractivity contribution in [3.63, 3.8) is 0 Å². The molecule has 118 valence electrons. The molecule has 0 radical (unpaired) electrons. The third kappa shape index (κ3) is 3.51. The van der Waals surface area contributed by atoms with Crippen molar-refractivity contribution < 1.29 is 23.6 Å². The Morgan fingerprint density at radius 1 is 1.45 bits per heavy atom. The number of aromatic nitrogens is 2. The molecule has 0 aliphatic carbocycles. The molecule has 1 unspecified atom stereocenters. The van der Waals surface area contributed by atoms with Gasteiger partial charge in [0.2, 0.25) is 17.6 Å². The van der Waals surface area contributed by atoms with Crippen LogP contribution < -0.4 is 5.32 Å². The highest BCUT2D eigenvalue weighted by Gasteiger charge is 2.32. The largest absolute Gasteiger partial charge is 0.480 e. The second-order valence-corrected chi connectivity index (χ2v) is 5.03. The standard InChI is InChI=1S/C14H17N3O5/c1-3-14(2,13(19)20)16-10(18)6-7-11-15-12(17-22-11)9-5-4-8-21-9/h4-5,8H,3,6-7H2,1-2H3,(H,16,18)(H,19,20). The molecule has 0 aliphatic rings. The highest BCUT2D eigenvalue weighted by Crippen LogP contribution is 2.16. The summed E-state index contributed by atoms with van der Waals surface area (Å²) in [5.74, 6) is -0.381. The molecule has 1 amide bonds. The number of nitrogens with one attached hydrogen (secondary N) is 1. The maximum atomic E-state index is 11.8. The Bertz CT molecular complexity index is 649. The van der Waals surface area contributed by atoms with Gasteiger partial charge in [-0.05, 0) is 25.5 Å². The van der Waals surface area contributed by atoms with Gasteiger partial charge in [0.15, 0.2) is 5.76 Å². The number of carboxylic acids is 1. The lowest BCUT2D eigenvalue weighted by Gasteiger charge is -2.24. The highest BCUT2D eigenvalue weighted by atomic mass is 16.5. The molecule has 0 aliphatic heterocycles. The number of amides is 1. The second-order valence-electron chi connectivity index (χ2n) is 5.03. The van der Waals surface area contributed by atoms with E-state index in [0.29, 0.717) is 11.6 Å². The smallest absolute Gasteiger partial charge is 0.329 e. The minimum absolute atomic E-state index is 0.0582. The third-order valence-electron chi connectivity index (χ3n) is 3.37. The zero-order chi connectivity index (χ0) is 16.2. The summed E-state index contributed by atoms with van der Waals surface area (Å²) in [6, 6.07) is 3.40. The van der Waals surface area contributed by atoms with Crippen molar-refractivity contribution in [1.82, 2.24) is 15.5 Å². The summed E-state index contributed by atoms with van der Waals surface area (Å²) in [5.41, 5.74) is -1.27. The van der Waals surface area contributed by atoms with Crippen LogP contribution in [0, 0.1) is 0 Å². The molecule has 0 saturated heterocycles. The van der Waals surface area contributed by atoms with Crippen LogP contribution in [0.4, 0.5) is 0 Å². The van der Waals surface area contributed by atoms with Crippen LogP contribution in [-0.2, 0) is 16.0 Å².